The van der Waals surface area contributed by atoms with E-state index < -0.39 is 15.8 Å². The minimum absolute atomic E-state index is 0.00579. The number of hydrogen-bond acceptors (Lipinski definition) is 2. The summed E-state index contributed by atoms with van der Waals surface area (Å²) in [5.74, 6) is -0.624. The molecule has 3 nitrogen and oxygen atoms in total. The van der Waals surface area contributed by atoms with Crippen LogP contribution < -0.4 is 4.72 Å². The third-order valence-corrected chi connectivity index (χ3v) is 5.15. The predicted octanol–water partition coefficient (Wildman–Crippen LogP) is 4.35. The van der Waals surface area contributed by atoms with E-state index in [2.05, 4.69) is 20.7 Å². The van der Waals surface area contributed by atoms with Gasteiger partial charge in [0.05, 0.1) is 15.6 Å². The van der Waals surface area contributed by atoms with Crippen LogP contribution in [-0.2, 0) is 10.0 Å². The molecule has 2 aromatic carbocycles. The molecule has 2 aromatic rings. The Kier molecular flexibility index (Phi) is 4.36. The van der Waals surface area contributed by atoms with E-state index in [0.717, 1.165) is 0 Å². The molecule has 0 aromatic heterocycles. The summed E-state index contributed by atoms with van der Waals surface area (Å²) in [7, 11) is -3.87. The van der Waals surface area contributed by atoms with Crippen LogP contribution in [-0.4, -0.2) is 8.42 Å². The Labute approximate surface area is 130 Å². The Hall–Kier alpha value is -1.11. The van der Waals surface area contributed by atoms with E-state index in [1.54, 1.807) is 13.0 Å². The lowest BCUT2D eigenvalue weighted by atomic mass is 10.2. The Morgan fingerprint density at radius 1 is 1.20 bits per heavy atom. The van der Waals surface area contributed by atoms with Crippen molar-refractivity contribution in [3.63, 3.8) is 0 Å². The lowest BCUT2D eigenvalue weighted by Gasteiger charge is -2.10. The average molecular weight is 379 g/mol. The van der Waals surface area contributed by atoms with Crippen molar-refractivity contribution >= 4 is 43.2 Å². The molecule has 1 N–H and O–H groups in total. The lowest BCUT2D eigenvalue weighted by molar-refractivity contribution is 0.598. The van der Waals surface area contributed by atoms with Crippen LogP contribution in [0.4, 0.5) is 10.1 Å². The molecule has 20 heavy (non-hydrogen) atoms. The first kappa shape index (κ1) is 15.3. The molecule has 0 bridgehead atoms. The third-order valence-electron chi connectivity index (χ3n) is 2.57. The van der Waals surface area contributed by atoms with Crippen molar-refractivity contribution in [2.45, 2.75) is 11.8 Å². The Morgan fingerprint density at radius 3 is 2.50 bits per heavy atom. The Balaban J connectivity index is 2.38. The molecule has 106 valence electrons. The van der Waals surface area contributed by atoms with Crippen molar-refractivity contribution in [3.8, 4) is 0 Å². The minimum Gasteiger partial charge on any atom is -0.277 e. The maximum absolute atomic E-state index is 13.7. The van der Waals surface area contributed by atoms with Gasteiger partial charge in [0.2, 0.25) is 0 Å². The predicted molar refractivity (Wildman–Crippen MR) is 81.1 cm³/mol. The van der Waals surface area contributed by atoms with Gasteiger partial charge >= 0.3 is 0 Å². The van der Waals surface area contributed by atoms with Crippen LogP contribution in [0.1, 0.15) is 5.56 Å². The van der Waals surface area contributed by atoms with Crippen LogP contribution in [0.15, 0.2) is 45.8 Å². The second-order valence-corrected chi connectivity index (χ2v) is 7.11. The molecule has 0 unspecified atom stereocenters. The van der Waals surface area contributed by atoms with Crippen molar-refractivity contribution in [2.24, 2.45) is 0 Å². The highest BCUT2D eigenvalue weighted by Gasteiger charge is 2.17. The first-order valence-corrected chi connectivity index (χ1v) is 8.19. The number of aryl methyl sites for hydroxylation is 1. The summed E-state index contributed by atoms with van der Waals surface area (Å²) >= 11 is 8.96. The normalized spacial score (nSPS) is 11.4. The number of hydrogen-bond donors (Lipinski definition) is 1. The molecule has 0 fully saturated rings. The highest BCUT2D eigenvalue weighted by Crippen LogP contribution is 2.27. The molecule has 0 saturated carbocycles. The molecule has 2 rings (SSSR count). The molecule has 0 aliphatic rings. The van der Waals surface area contributed by atoms with Crippen molar-refractivity contribution in [3.05, 3.63) is 57.3 Å². The number of anilines is 1. The topological polar surface area (TPSA) is 46.2 Å². The molecule has 0 saturated heterocycles. The van der Waals surface area contributed by atoms with Gasteiger partial charge in [-0.15, -0.1) is 0 Å². The Bertz CT molecular complexity index is 765. The second kappa shape index (κ2) is 5.71. The fourth-order valence-electron chi connectivity index (χ4n) is 1.55. The first-order chi connectivity index (χ1) is 9.29. The molecule has 0 heterocycles. The number of sulfonamides is 1. The molecular formula is C13H10BrClFNO2S. The molecule has 0 amide bonds. The van der Waals surface area contributed by atoms with E-state index in [9.17, 15) is 12.8 Å². The quantitative estimate of drug-likeness (QED) is 0.863. The van der Waals surface area contributed by atoms with E-state index in [0.29, 0.717) is 15.1 Å². The second-order valence-electron chi connectivity index (χ2n) is 4.16. The summed E-state index contributed by atoms with van der Waals surface area (Å²) in [6, 6.07) is 8.42. The van der Waals surface area contributed by atoms with Crippen LogP contribution >= 0.6 is 27.5 Å². The zero-order chi connectivity index (χ0) is 14.9. The van der Waals surface area contributed by atoms with Gasteiger partial charge in [0.15, 0.2) is 0 Å². The summed E-state index contributed by atoms with van der Waals surface area (Å²) in [5.41, 5.74) is 0.612. The van der Waals surface area contributed by atoms with E-state index in [1.165, 1.54) is 30.3 Å². The molecule has 0 atom stereocenters. The van der Waals surface area contributed by atoms with Gasteiger partial charge < -0.3 is 0 Å². The van der Waals surface area contributed by atoms with Crippen LogP contribution in [0.3, 0.4) is 0 Å². The van der Waals surface area contributed by atoms with Crippen molar-refractivity contribution in [1.82, 2.24) is 0 Å². The minimum atomic E-state index is -3.87. The smallest absolute Gasteiger partial charge is 0.262 e. The summed E-state index contributed by atoms with van der Waals surface area (Å²) in [6.07, 6.45) is 0. The van der Waals surface area contributed by atoms with Gasteiger partial charge in [-0.25, -0.2) is 12.8 Å². The van der Waals surface area contributed by atoms with E-state index in [1.807, 2.05) is 0 Å². The average Bonchev–Trinajstić information content (AvgIpc) is 2.36. The maximum atomic E-state index is 13.7. The van der Waals surface area contributed by atoms with E-state index in [4.69, 9.17) is 11.6 Å². The molecule has 0 aliphatic carbocycles. The number of halogens is 3. The zero-order valence-corrected chi connectivity index (χ0v) is 13.5. The molecule has 0 radical (unpaired) electrons. The summed E-state index contributed by atoms with van der Waals surface area (Å²) in [6.45, 7) is 1.72. The molecular weight excluding hydrogens is 369 g/mol. The fraction of sp³-hybridized carbons (Fsp3) is 0.0769. The highest BCUT2D eigenvalue weighted by atomic mass is 79.9. The molecule has 7 heteroatoms. The highest BCUT2D eigenvalue weighted by molar-refractivity contribution is 9.10. The largest absolute Gasteiger partial charge is 0.277 e. The van der Waals surface area contributed by atoms with Gasteiger partial charge in [-0.3, -0.25) is 4.72 Å². The fourth-order valence-corrected chi connectivity index (χ4v) is 3.29. The standard InChI is InChI=1S/C13H10BrClFNO2S/c1-8-2-5-13(12(16)6-8)17-20(18,19)9-3-4-11(15)10(14)7-9/h2-7,17H,1H3. The van der Waals surface area contributed by atoms with E-state index in [-0.39, 0.29) is 10.6 Å². The maximum Gasteiger partial charge on any atom is 0.262 e. The SMILES string of the molecule is Cc1ccc(NS(=O)(=O)c2ccc(Cl)c(Br)c2)c(F)c1. The Morgan fingerprint density at radius 2 is 1.90 bits per heavy atom. The zero-order valence-electron chi connectivity index (χ0n) is 10.3. The number of benzene rings is 2. The van der Waals surface area contributed by atoms with Gasteiger partial charge in [0, 0.05) is 4.47 Å². The van der Waals surface area contributed by atoms with Gasteiger partial charge in [-0.05, 0) is 58.7 Å². The summed E-state index contributed by atoms with van der Waals surface area (Å²) in [5, 5.41) is 0.394. The van der Waals surface area contributed by atoms with Gasteiger partial charge in [-0.1, -0.05) is 17.7 Å². The lowest BCUT2D eigenvalue weighted by Crippen LogP contribution is -2.14. The van der Waals surface area contributed by atoms with Gasteiger partial charge in [-0.2, -0.15) is 0 Å². The monoisotopic (exact) mass is 377 g/mol. The van der Waals surface area contributed by atoms with Crippen molar-refractivity contribution in [1.29, 1.82) is 0 Å². The first-order valence-electron chi connectivity index (χ1n) is 5.53. The van der Waals surface area contributed by atoms with Crippen LogP contribution in [0.5, 0.6) is 0 Å². The molecule has 0 spiro atoms. The van der Waals surface area contributed by atoms with Crippen molar-refractivity contribution in [2.75, 3.05) is 4.72 Å². The van der Waals surface area contributed by atoms with Gasteiger partial charge in [0.1, 0.15) is 5.82 Å². The van der Waals surface area contributed by atoms with Crippen LogP contribution in [0.2, 0.25) is 5.02 Å². The number of rotatable bonds is 3. The van der Waals surface area contributed by atoms with Crippen LogP contribution in [0.25, 0.3) is 0 Å². The van der Waals surface area contributed by atoms with Gasteiger partial charge in [0.25, 0.3) is 10.0 Å². The summed E-state index contributed by atoms with van der Waals surface area (Å²) < 4.78 is 40.7. The van der Waals surface area contributed by atoms with E-state index >= 15 is 0 Å². The van der Waals surface area contributed by atoms with Crippen LogP contribution in [0, 0.1) is 12.7 Å². The molecule has 0 aliphatic heterocycles. The van der Waals surface area contributed by atoms with Crippen molar-refractivity contribution < 1.29 is 12.8 Å². The number of nitrogens with one attached hydrogen (secondary N) is 1. The summed E-state index contributed by atoms with van der Waals surface area (Å²) in [4.78, 5) is -0.00579. The third kappa shape index (κ3) is 3.31.